The average molecular weight is 442 g/mol. The average Bonchev–Trinajstić information content (AvgIpc) is 3.44. The Morgan fingerprint density at radius 1 is 1.20 bits per heavy atom. The molecule has 1 aromatic carbocycles. The second kappa shape index (κ2) is 9.23. The molecule has 3 aromatic rings. The first kappa shape index (κ1) is 20.3. The fourth-order valence-electron chi connectivity index (χ4n) is 3.34. The zero-order chi connectivity index (χ0) is 20.9. The van der Waals surface area contributed by atoms with Crippen LogP contribution in [0, 0.1) is 0 Å². The number of hydrogen-bond acceptors (Lipinski definition) is 6. The van der Waals surface area contributed by atoms with Crippen molar-refractivity contribution in [3.8, 4) is 0 Å². The quantitative estimate of drug-likeness (QED) is 0.606. The number of likely N-dealkylation sites (tertiary alicyclic amines) is 1. The molecule has 1 saturated heterocycles. The van der Waals surface area contributed by atoms with Crippen LogP contribution >= 0.6 is 22.9 Å². The summed E-state index contributed by atoms with van der Waals surface area (Å²) in [5, 5.41) is 8.90. The zero-order valence-corrected chi connectivity index (χ0v) is 17.6. The molecule has 154 valence electrons. The van der Waals surface area contributed by atoms with Crippen molar-refractivity contribution in [3.05, 3.63) is 70.5 Å². The predicted octanol–water partition coefficient (Wildman–Crippen LogP) is 3.86. The van der Waals surface area contributed by atoms with E-state index in [0.717, 1.165) is 17.7 Å². The molecule has 2 N–H and O–H groups in total. The number of amides is 2. The molecule has 2 aromatic heterocycles. The number of aromatic nitrogens is 2. The molecule has 1 atom stereocenters. The summed E-state index contributed by atoms with van der Waals surface area (Å²) in [7, 11) is 0. The minimum Gasteiger partial charge on any atom is -0.350 e. The van der Waals surface area contributed by atoms with E-state index in [0.29, 0.717) is 35.4 Å². The Bertz CT molecular complexity index is 1040. The van der Waals surface area contributed by atoms with Crippen LogP contribution in [-0.2, 0) is 11.3 Å². The molecule has 1 aliphatic heterocycles. The fraction of sp³-hybridized carbons (Fsp3) is 0.238. The van der Waals surface area contributed by atoms with Gasteiger partial charge in [-0.25, -0.2) is 4.98 Å². The lowest BCUT2D eigenvalue weighted by Gasteiger charge is -2.23. The lowest BCUT2D eigenvalue weighted by Crippen LogP contribution is -2.45. The maximum absolute atomic E-state index is 13.0. The van der Waals surface area contributed by atoms with E-state index >= 15 is 0 Å². The summed E-state index contributed by atoms with van der Waals surface area (Å²) < 4.78 is 0. The molecule has 3 heterocycles. The van der Waals surface area contributed by atoms with Crippen LogP contribution in [0.3, 0.4) is 0 Å². The van der Waals surface area contributed by atoms with Gasteiger partial charge in [0, 0.05) is 30.9 Å². The highest BCUT2D eigenvalue weighted by atomic mass is 35.5. The highest BCUT2D eigenvalue weighted by molar-refractivity contribution is 7.14. The van der Waals surface area contributed by atoms with Gasteiger partial charge in [-0.15, -0.1) is 11.3 Å². The Morgan fingerprint density at radius 3 is 2.80 bits per heavy atom. The van der Waals surface area contributed by atoms with E-state index in [2.05, 4.69) is 20.6 Å². The molecule has 7 nitrogen and oxygen atoms in total. The second-order valence-corrected chi connectivity index (χ2v) is 8.14. The zero-order valence-electron chi connectivity index (χ0n) is 16.0. The number of benzene rings is 1. The molecule has 0 radical (unpaired) electrons. The van der Waals surface area contributed by atoms with Gasteiger partial charge < -0.3 is 15.5 Å². The van der Waals surface area contributed by atoms with Crippen LogP contribution in [-0.4, -0.2) is 39.3 Å². The van der Waals surface area contributed by atoms with E-state index in [4.69, 9.17) is 11.6 Å². The Hall–Kier alpha value is -2.97. The molecular weight excluding hydrogens is 422 g/mol. The van der Waals surface area contributed by atoms with Gasteiger partial charge >= 0.3 is 0 Å². The molecule has 4 rings (SSSR count). The van der Waals surface area contributed by atoms with Crippen molar-refractivity contribution in [2.45, 2.75) is 25.4 Å². The van der Waals surface area contributed by atoms with E-state index < -0.39 is 6.04 Å². The van der Waals surface area contributed by atoms with Crippen molar-refractivity contribution in [2.75, 3.05) is 11.9 Å². The van der Waals surface area contributed by atoms with Crippen molar-refractivity contribution in [1.82, 2.24) is 20.2 Å². The summed E-state index contributed by atoms with van der Waals surface area (Å²) >= 11 is 7.49. The first-order chi connectivity index (χ1) is 14.6. The van der Waals surface area contributed by atoms with Crippen molar-refractivity contribution in [3.63, 3.8) is 0 Å². The van der Waals surface area contributed by atoms with Gasteiger partial charge in [0.15, 0.2) is 5.13 Å². The number of nitrogens with zero attached hydrogens (tertiary/aromatic N) is 3. The van der Waals surface area contributed by atoms with Crippen LogP contribution in [0.2, 0.25) is 5.02 Å². The monoisotopic (exact) mass is 441 g/mol. The lowest BCUT2D eigenvalue weighted by atomic mass is 10.2. The van der Waals surface area contributed by atoms with Gasteiger partial charge in [0.05, 0.1) is 10.7 Å². The third kappa shape index (κ3) is 4.60. The summed E-state index contributed by atoms with van der Waals surface area (Å²) in [6, 6.07) is 10.5. The van der Waals surface area contributed by atoms with Crippen LogP contribution < -0.4 is 10.6 Å². The number of nitrogens with one attached hydrogen (secondary N) is 2. The highest BCUT2D eigenvalue weighted by Crippen LogP contribution is 2.28. The van der Waals surface area contributed by atoms with Crippen LogP contribution in [0.15, 0.2) is 54.2 Å². The molecule has 0 saturated carbocycles. The molecule has 1 unspecified atom stereocenters. The Morgan fingerprint density at radius 2 is 2.00 bits per heavy atom. The third-order valence-electron chi connectivity index (χ3n) is 4.87. The molecule has 9 heteroatoms. The SMILES string of the molecule is O=C(NCc1ccncc1)C1CCCN1C(=O)c1csc(Nc2ccccc2Cl)n1. The fourth-order valence-corrected chi connectivity index (χ4v) is 4.22. The molecule has 0 aliphatic carbocycles. The number of anilines is 2. The van der Waals surface area contributed by atoms with Crippen LogP contribution in [0.5, 0.6) is 0 Å². The van der Waals surface area contributed by atoms with E-state index in [1.807, 2.05) is 30.3 Å². The number of halogens is 1. The number of hydrogen-bond donors (Lipinski definition) is 2. The number of carbonyl (C=O) groups excluding carboxylic acids is 2. The molecular formula is C21H20ClN5O2S. The Kier molecular flexibility index (Phi) is 6.25. The van der Waals surface area contributed by atoms with Crippen molar-refractivity contribution in [2.24, 2.45) is 0 Å². The van der Waals surface area contributed by atoms with Gasteiger partial charge in [-0.2, -0.15) is 0 Å². The summed E-state index contributed by atoms with van der Waals surface area (Å²) in [5.41, 5.74) is 2.01. The summed E-state index contributed by atoms with van der Waals surface area (Å²) in [5.74, 6) is -0.387. The molecule has 0 spiro atoms. The van der Waals surface area contributed by atoms with Crippen LogP contribution in [0.1, 0.15) is 28.9 Å². The van der Waals surface area contributed by atoms with E-state index in [1.165, 1.54) is 11.3 Å². The Balaban J connectivity index is 1.40. The second-order valence-electron chi connectivity index (χ2n) is 6.87. The summed E-state index contributed by atoms with van der Waals surface area (Å²) in [4.78, 5) is 35.7. The minimum absolute atomic E-state index is 0.151. The molecule has 30 heavy (non-hydrogen) atoms. The Labute approximate surface area is 183 Å². The predicted molar refractivity (Wildman–Crippen MR) is 117 cm³/mol. The van der Waals surface area contributed by atoms with Gasteiger partial charge in [0.1, 0.15) is 11.7 Å². The van der Waals surface area contributed by atoms with Crippen LogP contribution in [0.4, 0.5) is 10.8 Å². The largest absolute Gasteiger partial charge is 0.350 e. The first-order valence-electron chi connectivity index (χ1n) is 9.56. The van der Waals surface area contributed by atoms with E-state index in [-0.39, 0.29) is 11.8 Å². The normalized spacial score (nSPS) is 15.8. The standard InChI is InChI=1S/C21H20ClN5O2S/c22-15-4-1-2-5-16(15)25-21-26-17(13-30-21)20(29)27-11-3-6-18(27)19(28)24-12-14-7-9-23-10-8-14/h1-2,4-5,7-10,13,18H,3,6,11-12H2,(H,24,28)(H,25,26). The number of pyridine rings is 1. The van der Waals surface area contributed by atoms with Crippen molar-refractivity contribution < 1.29 is 9.59 Å². The van der Waals surface area contributed by atoms with Gasteiger partial charge in [-0.1, -0.05) is 23.7 Å². The number of rotatable bonds is 6. The summed E-state index contributed by atoms with van der Waals surface area (Å²) in [6.45, 7) is 0.944. The van der Waals surface area contributed by atoms with Gasteiger partial charge in [-0.05, 0) is 42.7 Å². The van der Waals surface area contributed by atoms with Gasteiger partial charge in [0.25, 0.3) is 5.91 Å². The maximum Gasteiger partial charge on any atom is 0.274 e. The molecule has 1 fully saturated rings. The van der Waals surface area contributed by atoms with Crippen LogP contribution in [0.25, 0.3) is 0 Å². The number of carbonyl (C=O) groups is 2. The molecule has 1 aliphatic rings. The molecule has 0 bridgehead atoms. The minimum atomic E-state index is -0.485. The smallest absolute Gasteiger partial charge is 0.274 e. The lowest BCUT2D eigenvalue weighted by molar-refractivity contribution is -0.125. The first-order valence-corrected chi connectivity index (χ1v) is 10.8. The summed E-state index contributed by atoms with van der Waals surface area (Å²) in [6.07, 6.45) is 4.80. The maximum atomic E-state index is 13.0. The third-order valence-corrected chi connectivity index (χ3v) is 5.96. The number of thiazole rings is 1. The highest BCUT2D eigenvalue weighted by Gasteiger charge is 2.35. The van der Waals surface area contributed by atoms with Gasteiger partial charge in [0.2, 0.25) is 5.91 Å². The van der Waals surface area contributed by atoms with Crippen molar-refractivity contribution >= 4 is 45.6 Å². The topological polar surface area (TPSA) is 87.2 Å². The van der Waals surface area contributed by atoms with Gasteiger partial charge in [-0.3, -0.25) is 14.6 Å². The number of para-hydroxylation sites is 1. The molecule has 2 amide bonds. The van der Waals surface area contributed by atoms with Crippen molar-refractivity contribution in [1.29, 1.82) is 0 Å². The van der Waals surface area contributed by atoms with E-state index in [9.17, 15) is 9.59 Å². The van der Waals surface area contributed by atoms with E-state index in [1.54, 1.807) is 28.7 Å².